The van der Waals surface area contributed by atoms with Crippen molar-refractivity contribution in [3.8, 4) is 0 Å². The van der Waals surface area contributed by atoms with Gasteiger partial charge in [0.2, 0.25) is 11.8 Å². The summed E-state index contributed by atoms with van der Waals surface area (Å²) in [7, 11) is 0. The van der Waals surface area contributed by atoms with Crippen molar-refractivity contribution in [3.05, 3.63) is 0 Å². The van der Waals surface area contributed by atoms with Crippen LogP contribution in [0.15, 0.2) is 0 Å². The molecule has 1 aliphatic rings. The van der Waals surface area contributed by atoms with E-state index in [2.05, 4.69) is 15.9 Å². The van der Waals surface area contributed by atoms with E-state index in [-0.39, 0.29) is 21.6 Å². The van der Waals surface area contributed by atoms with Gasteiger partial charge in [-0.3, -0.25) is 14.5 Å². The van der Waals surface area contributed by atoms with Gasteiger partial charge in [-0.05, 0) is 19.3 Å². The molecule has 0 unspecified atom stereocenters. The standard InChI is InChI=1S/C11H18BrNO2/c1-10(2)5-8(14)13(9(15)6-10)7-11(3,4)12/h5-7H2,1-4H3. The zero-order valence-corrected chi connectivity index (χ0v) is 11.3. The molecule has 3 nitrogen and oxygen atoms in total. The van der Waals surface area contributed by atoms with E-state index in [0.717, 1.165) is 0 Å². The highest BCUT2D eigenvalue weighted by Crippen LogP contribution is 2.32. The van der Waals surface area contributed by atoms with E-state index in [4.69, 9.17) is 0 Å². The first-order valence-corrected chi connectivity index (χ1v) is 5.92. The summed E-state index contributed by atoms with van der Waals surface area (Å²) in [5, 5.41) is 0. The first kappa shape index (κ1) is 12.7. The summed E-state index contributed by atoms with van der Waals surface area (Å²) in [6.45, 7) is 8.26. The number of alkyl halides is 1. The van der Waals surface area contributed by atoms with Crippen molar-refractivity contribution in [1.82, 2.24) is 4.90 Å². The monoisotopic (exact) mass is 275 g/mol. The molecule has 15 heavy (non-hydrogen) atoms. The number of likely N-dealkylation sites (tertiary alicyclic amines) is 1. The topological polar surface area (TPSA) is 37.4 Å². The van der Waals surface area contributed by atoms with Crippen molar-refractivity contribution in [1.29, 1.82) is 0 Å². The van der Waals surface area contributed by atoms with Crippen LogP contribution in [0, 0.1) is 5.41 Å². The second-order valence-electron chi connectivity index (χ2n) is 5.61. The second kappa shape index (κ2) is 3.89. The Balaban J connectivity index is 2.76. The van der Waals surface area contributed by atoms with Crippen LogP contribution in [0.1, 0.15) is 40.5 Å². The number of imide groups is 1. The van der Waals surface area contributed by atoms with E-state index in [1.807, 2.05) is 27.7 Å². The molecule has 0 aromatic rings. The summed E-state index contributed by atoms with van der Waals surface area (Å²) < 4.78 is -0.209. The number of carbonyl (C=O) groups excluding carboxylic acids is 2. The Hall–Kier alpha value is -0.380. The molecule has 86 valence electrons. The normalized spacial score (nSPS) is 22.1. The fraction of sp³-hybridized carbons (Fsp3) is 0.818. The summed E-state index contributed by atoms with van der Waals surface area (Å²) in [5.74, 6) is -0.104. The molecule has 1 fully saturated rings. The van der Waals surface area contributed by atoms with Crippen LogP contribution in [-0.4, -0.2) is 27.6 Å². The van der Waals surface area contributed by atoms with Crippen molar-refractivity contribution in [2.45, 2.75) is 44.9 Å². The number of rotatable bonds is 2. The van der Waals surface area contributed by atoms with Crippen molar-refractivity contribution < 1.29 is 9.59 Å². The van der Waals surface area contributed by atoms with Crippen LogP contribution in [0.2, 0.25) is 0 Å². The zero-order chi connectivity index (χ0) is 11.9. The largest absolute Gasteiger partial charge is 0.281 e. The van der Waals surface area contributed by atoms with Crippen LogP contribution in [0.3, 0.4) is 0 Å². The van der Waals surface area contributed by atoms with Crippen LogP contribution in [-0.2, 0) is 9.59 Å². The van der Waals surface area contributed by atoms with Gasteiger partial charge in [-0.25, -0.2) is 0 Å². The molecule has 0 aromatic heterocycles. The Bertz CT molecular complexity index is 271. The number of carbonyl (C=O) groups is 2. The number of halogens is 1. The molecule has 0 aromatic carbocycles. The van der Waals surface area contributed by atoms with Crippen molar-refractivity contribution in [2.24, 2.45) is 5.41 Å². The predicted molar refractivity (Wildman–Crippen MR) is 62.7 cm³/mol. The van der Waals surface area contributed by atoms with Crippen LogP contribution in [0.25, 0.3) is 0 Å². The Morgan fingerprint density at radius 3 is 2.00 bits per heavy atom. The number of piperidine rings is 1. The van der Waals surface area contributed by atoms with Crippen LogP contribution in [0.4, 0.5) is 0 Å². The third-order valence-corrected chi connectivity index (χ3v) is 2.65. The Morgan fingerprint density at radius 2 is 1.67 bits per heavy atom. The van der Waals surface area contributed by atoms with Gasteiger partial charge in [0, 0.05) is 23.7 Å². The van der Waals surface area contributed by atoms with Gasteiger partial charge in [-0.2, -0.15) is 0 Å². The zero-order valence-electron chi connectivity index (χ0n) is 9.76. The molecule has 0 bridgehead atoms. The number of hydrogen-bond donors (Lipinski definition) is 0. The molecule has 1 aliphatic heterocycles. The second-order valence-corrected chi connectivity index (χ2v) is 7.76. The lowest BCUT2D eigenvalue weighted by Gasteiger charge is -2.37. The fourth-order valence-electron chi connectivity index (χ4n) is 1.76. The van der Waals surface area contributed by atoms with E-state index in [0.29, 0.717) is 19.4 Å². The predicted octanol–water partition coefficient (Wildman–Crippen LogP) is 2.34. The Labute approximate surface area is 99.3 Å². The number of amides is 2. The lowest BCUT2D eigenvalue weighted by molar-refractivity contribution is -0.152. The fourth-order valence-corrected chi connectivity index (χ4v) is 2.01. The minimum absolute atomic E-state index is 0.0521. The average molecular weight is 276 g/mol. The van der Waals surface area contributed by atoms with Gasteiger partial charge in [0.25, 0.3) is 0 Å². The maximum atomic E-state index is 11.8. The molecule has 2 amide bonds. The Kier molecular flexibility index (Phi) is 3.29. The lowest BCUT2D eigenvalue weighted by atomic mass is 9.81. The molecular weight excluding hydrogens is 258 g/mol. The maximum Gasteiger partial charge on any atom is 0.229 e. The van der Waals surface area contributed by atoms with Crippen molar-refractivity contribution in [3.63, 3.8) is 0 Å². The summed E-state index contributed by atoms with van der Waals surface area (Å²) in [4.78, 5) is 24.9. The van der Waals surface area contributed by atoms with Gasteiger partial charge in [0.15, 0.2) is 0 Å². The molecular formula is C11H18BrNO2. The molecule has 1 saturated heterocycles. The maximum absolute atomic E-state index is 11.8. The van der Waals surface area contributed by atoms with Gasteiger partial charge < -0.3 is 0 Å². The highest BCUT2D eigenvalue weighted by atomic mass is 79.9. The number of hydrogen-bond acceptors (Lipinski definition) is 2. The van der Waals surface area contributed by atoms with Gasteiger partial charge in [0.1, 0.15) is 0 Å². The highest BCUT2D eigenvalue weighted by molar-refractivity contribution is 9.10. The van der Waals surface area contributed by atoms with E-state index < -0.39 is 0 Å². The van der Waals surface area contributed by atoms with Gasteiger partial charge in [0.05, 0.1) is 0 Å². The first-order valence-electron chi connectivity index (χ1n) is 5.13. The molecule has 0 aliphatic carbocycles. The van der Waals surface area contributed by atoms with E-state index in [9.17, 15) is 9.59 Å². The number of nitrogens with zero attached hydrogens (tertiary/aromatic N) is 1. The molecule has 0 spiro atoms. The third kappa shape index (κ3) is 3.59. The van der Waals surface area contributed by atoms with E-state index in [1.165, 1.54) is 4.90 Å². The summed E-state index contributed by atoms with van der Waals surface area (Å²) >= 11 is 3.45. The molecule has 4 heteroatoms. The van der Waals surface area contributed by atoms with E-state index in [1.54, 1.807) is 0 Å². The minimum Gasteiger partial charge on any atom is -0.281 e. The Morgan fingerprint density at radius 1 is 1.27 bits per heavy atom. The SMILES string of the molecule is CC(C)(Br)CN1C(=O)CC(C)(C)CC1=O. The quantitative estimate of drug-likeness (QED) is 0.573. The lowest BCUT2D eigenvalue weighted by Crippen LogP contribution is -2.49. The molecule has 0 atom stereocenters. The summed E-state index contributed by atoms with van der Waals surface area (Å²) in [6, 6.07) is 0. The highest BCUT2D eigenvalue weighted by Gasteiger charge is 2.38. The average Bonchev–Trinajstić information content (AvgIpc) is 1.93. The van der Waals surface area contributed by atoms with Gasteiger partial charge in [-0.1, -0.05) is 29.8 Å². The minimum atomic E-state index is -0.209. The molecule has 0 radical (unpaired) electrons. The molecule has 1 heterocycles. The molecule has 0 saturated carbocycles. The van der Waals surface area contributed by atoms with Crippen molar-refractivity contribution in [2.75, 3.05) is 6.54 Å². The van der Waals surface area contributed by atoms with Crippen LogP contribution < -0.4 is 0 Å². The molecule has 0 N–H and O–H groups in total. The summed E-state index contributed by atoms with van der Waals surface area (Å²) in [5.41, 5.74) is -0.179. The third-order valence-electron chi connectivity index (χ3n) is 2.40. The first-order chi connectivity index (χ1) is 6.61. The van der Waals surface area contributed by atoms with Crippen molar-refractivity contribution >= 4 is 27.7 Å². The van der Waals surface area contributed by atoms with Gasteiger partial charge >= 0.3 is 0 Å². The van der Waals surface area contributed by atoms with Crippen LogP contribution >= 0.6 is 15.9 Å². The summed E-state index contributed by atoms with van der Waals surface area (Å²) in [6.07, 6.45) is 0.920. The smallest absolute Gasteiger partial charge is 0.229 e. The van der Waals surface area contributed by atoms with Crippen LogP contribution in [0.5, 0.6) is 0 Å². The molecule has 1 rings (SSSR count). The van der Waals surface area contributed by atoms with Gasteiger partial charge in [-0.15, -0.1) is 0 Å². The van der Waals surface area contributed by atoms with E-state index >= 15 is 0 Å².